The molecule has 1 aromatic heterocycles. The van der Waals surface area contributed by atoms with E-state index in [1.54, 1.807) is 19.1 Å². The fourth-order valence-corrected chi connectivity index (χ4v) is 2.49. The Kier molecular flexibility index (Phi) is 5.10. The van der Waals surface area contributed by atoms with Crippen molar-refractivity contribution in [3.05, 3.63) is 56.8 Å². The van der Waals surface area contributed by atoms with Crippen LogP contribution in [0.2, 0.25) is 15.1 Å². The highest BCUT2D eigenvalue weighted by molar-refractivity contribution is 6.35. The van der Waals surface area contributed by atoms with Gasteiger partial charge in [-0.25, -0.2) is 0 Å². The highest BCUT2D eigenvalue weighted by atomic mass is 35.5. The van der Waals surface area contributed by atoms with Crippen LogP contribution >= 0.6 is 34.8 Å². The number of halogens is 6. The van der Waals surface area contributed by atoms with Crippen molar-refractivity contribution in [2.45, 2.75) is 19.2 Å². The molecule has 0 amide bonds. The number of nitrogens with zero attached hydrogens (tertiary/aromatic N) is 1. The van der Waals surface area contributed by atoms with Crippen LogP contribution < -0.4 is 4.74 Å². The van der Waals surface area contributed by atoms with Crippen LogP contribution in [0.3, 0.4) is 0 Å². The molecule has 0 fully saturated rings. The third-order valence-electron chi connectivity index (χ3n) is 2.78. The molecule has 0 aliphatic heterocycles. The van der Waals surface area contributed by atoms with E-state index in [4.69, 9.17) is 39.5 Å². The maximum absolute atomic E-state index is 12.6. The van der Waals surface area contributed by atoms with Crippen LogP contribution in [0.15, 0.2) is 30.5 Å². The van der Waals surface area contributed by atoms with Gasteiger partial charge in [0.1, 0.15) is 11.9 Å². The predicted molar refractivity (Wildman–Crippen MR) is 79.8 cm³/mol. The second kappa shape index (κ2) is 6.52. The zero-order chi connectivity index (χ0) is 16.5. The summed E-state index contributed by atoms with van der Waals surface area (Å²) in [5.74, 6) is 0.330. The number of aromatic nitrogens is 1. The van der Waals surface area contributed by atoms with E-state index in [-0.39, 0.29) is 15.7 Å². The Bertz CT molecular complexity index is 692. The minimum Gasteiger partial charge on any atom is -0.483 e. The number of hydrogen-bond donors (Lipinski definition) is 0. The van der Waals surface area contributed by atoms with Gasteiger partial charge in [0.05, 0.1) is 21.3 Å². The van der Waals surface area contributed by atoms with Crippen molar-refractivity contribution in [1.82, 2.24) is 4.98 Å². The summed E-state index contributed by atoms with van der Waals surface area (Å²) in [6.45, 7) is 1.60. The number of hydrogen-bond acceptors (Lipinski definition) is 2. The summed E-state index contributed by atoms with van der Waals surface area (Å²) in [5.41, 5.74) is -0.737. The Hall–Kier alpha value is -1.17. The smallest absolute Gasteiger partial charge is 0.417 e. The Labute approximate surface area is 139 Å². The summed E-state index contributed by atoms with van der Waals surface area (Å²) < 4.78 is 43.3. The molecule has 0 saturated carbocycles. The van der Waals surface area contributed by atoms with Gasteiger partial charge in [0, 0.05) is 11.2 Å². The largest absolute Gasteiger partial charge is 0.483 e. The molecule has 1 atom stereocenters. The van der Waals surface area contributed by atoms with Gasteiger partial charge in [-0.3, -0.25) is 4.98 Å². The molecule has 1 unspecified atom stereocenters. The van der Waals surface area contributed by atoms with Gasteiger partial charge in [-0.1, -0.05) is 34.8 Å². The third-order valence-corrected chi connectivity index (χ3v) is 3.61. The minimum atomic E-state index is -4.50. The molecule has 22 heavy (non-hydrogen) atoms. The summed E-state index contributed by atoms with van der Waals surface area (Å²) in [5, 5.41) is 0.588. The molecule has 1 aromatic carbocycles. The number of pyridine rings is 1. The first kappa shape index (κ1) is 17.2. The predicted octanol–water partition coefficient (Wildman–Crippen LogP) is 6.20. The van der Waals surface area contributed by atoms with Gasteiger partial charge in [-0.2, -0.15) is 13.2 Å². The van der Waals surface area contributed by atoms with Crippen LogP contribution in [-0.2, 0) is 6.18 Å². The maximum Gasteiger partial charge on any atom is 0.417 e. The highest BCUT2D eigenvalue weighted by Crippen LogP contribution is 2.35. The van der Waals surface area contributed by atoms with Gasteiger partial charge in [0.2, 0.25) is 0 Å². The van der Waals surface area contributed by atoms with E-state index in [9.17, 15) is 13.2 Å². The summed E-state index contributed by atoms with van der Waals surface area (Å²) >= 11 is 17.6. The molecule has 0 saturated heterocycles. The van der Waals surface area contributed by atoms with Crippen molar-refractivity contribution < 1.29 is 17.9 Å². The molecule has 8 heteroatoms. The molecule has 0 radical (unpaired) electrons. The number of ether oxygens (including phenoxy) is 1. The van der Waals surface area contributed by atoms with Gasteiger partial charge in [0.15, 0.2) is 0 Å². The summed E-state index contributed by atoms with van der Waals surface area (Å²) in [7, 11) is 0. The molecule has 2 nitrogen and oxygen atoms in total. The average Bonchev–Trinajstić information content (AvgIpc) is 2.40. The van der Waals surface area contributed by atoms with Crippen LogP contribution in [-0.4, -0.2) is 4.98 Å². The van der Waals surface area contributed by atoms with Gasteiger partial charge >= 0.3 is 6.18 Å². The van der Waals surface area contributed by atoms with E-state index in [2.05, 4.69) is 4.98 Å². The second-order valence-electron chi connectivity index (χ2n) is 4.42. The Balaban J connectivity index is 2.24. The zero-order valence-corrected chi connectivity index (χ0v) is 13.4. The lowest BCUT2D eigenvalue weighted by Gasteiger charge is -2.17. The summed E-state index contributed by atoms with van der Waals surface area (Å²) in [6, 6.07) is 5.44. The maximum atomic E-state index is 12.6. The zero-order valence-electron chi connectivity index (χ0n) is 11.1. The first-order valence-electron chi connectivity index (χ1n) is 6.03. The lowest BCUT2D eigenvalue weighted by Crippen LogP contribution is -2.10. The normalized spacial score (nSPS) is 13.0. The number of benzene rings is 1. The van der Waals surface area contributed by atoms with Crippen molar-refractivity contribution in [3.63, 3.8) is 0 Å². The van der Waals surface area contributed by atoms with Gasteiger partial charge in [-0.05, 0) is 31.2 Å². The molecule has 0 aliphatic rings. The SMILES string of the molecule is CC(Oc1ccc(Cl)cc1Cl)c1ncc(C(F)(F)F)cc1Cl. The van der Waals surface area contributed by atoms with E-state index in [1.807, 2.05) is 0 Å². The van der Waals surface area contributed by atoms with Crippen LogP contribution in [0.25, 0.3) is 0 Å². The number of rotatable bonds is 3. The fraction of sp³-hybridized carbons (Fsp3) is 0.214. The van der Waals surface area contributed by atoms with E-state index in [0.29, 0.717) is 17.0 Å². The Morgan fingerprint density at radius 2 is 1.77 bits per heavy atom. The first-order chi connectivity index (χ1) is 10.2. The molecular weight excluding hydrogens is 362 g/mol. The second-order valence-corrected chi connectivity index (χ2v) is 5.67. The van der Waals surface area contributed by atoms with E-state index in [1.165, 1.54) is 6.07 Å². The van der Waals surface area contributed by atoms with Crippen molar-refractivity contribution in [1.29, 1.82) is 0 Å². The van der Waals surface area contributed by atoms with Crippen molar-refractivity contribution in [3.8, 4) is 5.75 Å². The van der Waals surface area contributed by atoms with Crippen LogP contribution in [0, 0.1) is 0 Å². The third kappa shape index (κ3) is 3.97. The van der Waals surface area contributed by atoms with E-state index in [0.717, 1.165) is 6.07 Å². The Morgan fingerprint density at radius 3 is 2.32 bits per heavy atom. The molecular formula is C14H9Cl3F3NO. The van der Waals surface area contributed by atoms with E-state index >= 15 is 0 Å². The van der Waals surface area contributed by atoms with Gasteiger partial charge in [0.25, 0.3) is 0 Å². The lowest BCUT2D eigenvalue weighted by atomic mass is 10.2. The van der Waals surface area contributed by atoms with E-state index < -0.39 is 17.8 Å². The average molecular weight is 371 g/mol. The lowest BCUT2D eigenvalue weighted by molar-refractivity contribution is -0.137. The molecule has 118 valence electrons. The summed E-state index contributed by atoms with van der Waals surface area (Å²) in [4.78, 5) is 3.74. The first-order valence-corrected chi connectivity index (χ1v) is 7.16. The van der Waals surface area contributed by atoms with Crippen LogP contribution in [0.5, 0.6) is 5.75 Å². The fourth-order valence-electron chi connectivity index (χ4n) is 1.72. The van der Waals surface area contributed by atoms with Crippen molar-refractivity contribution in [2.75, 3.05) is 0 Å². The molecule has 2 aromatic rings. The molecule has 0 spiro atoms. The molecule has 0 bridgehead atoms. The number of alkyl halides is 3. The van der Waals surface area contributed by atoms with Crippen molar-refractivity contribution >= 4 is 34.8 Å². The molecule has 0 aliphatic carbocycles. The molecule has 2 rings (SSSR count). The highest BCUT2D eigenvalue weighted by Gasteiger charge is 2.32. The standard InChI is InChI=1S/C14H9Cl3F3NO/c1-7(22-12-3-2-9(15)5-10(12)16)13-11(17)4-8(6-21-13)14(18,19)20/h2-7H,1H3. The topological polar surface area (TPSA) is 22.1 Å². The minimum absolute atomic E-state index is 0.132. The van der Waals surface area contributed by atoms with Gasteiger partial charge < -0.3 is 4.74 Å². The summed E-state index contributed by atoms with van der Waals surface area (Å²) in [6.07, 6.45) is -4.48. The molecule has 1 heterocycles. The van der Waals surface area contributed by atoms with Crippen molar-refractivity contribution in [2.24, 2.45) is 0 Å². The monoisotopic (exact) mass is 369 g/mol. The quantitative estimate of drug-likeness (QED) is 0.641. The van der Waals surface area contributed by atoms with Gasteiger partial charge in [-0.15, -0.1) is 0 Å². The van der Waals surface area contributed by atoms with Crippen LogP contribution in [0.1, 0.15) is 24.3 Å². The van der Waals surface area contributed by atoms with Crippen LogP contribution in [0.4, 0.5) is 13.2 Å². The molecule has 0 N–H and O–H groups in total. The Morgan fingerprint density at radius 1 is 1.09 bits per heavy atom.